The molecule has 5 aliphatic rings. The number of nitrogens with zero attached hydrogens (tertiary/aromatic N) is 2. The zero-order valence-corrected chi connectivity index (χ0v) is 17.8. The number of nitrogens with one attached hydrogen (secondary N) is 1. The molecule has 4 fully saturated rings. The van der Waals surface area contributed by atoms with E-state index in [1.165, 1.54) is 45.2 Å². The highest BCUT2D eigenvalue weighted by Crippen LogP contribution is 2.54. The van der Waals surface area contributed by atoms with Gasteiger partial charge in [0.2, 0.25) is 11.8 Å². The average Bonchev–Trinajstić information content (AvgIpc) is 3.47. The average molecular weight is 424 g/mol. The van der Waals surface area contributed by atoms with Gasteiger partial charge in [0, 0.05) is 37.7 Å². The number of benzene rings is 1. The number of carbonyl (C=O) groups is 3. The number of ether oxygens (including phenoxy) is 1. The highest BCUT2D eigenvalue weighted by molar-refractivity contribution is 6.05. The van der Waals surface area contributed by atoms with E-state index in [1.54, 1.807) is 4.90 Å². The van der Waals surface area contributed by atoms with Gasteiger partial charge in [-0.15, -0.1) is 0 Å². The van der Waals surface area contributed by atoms with Gasteiger partial charge in [-0.1, -0.05) is 6.42 Å². The molecule has 0 aromatic heterocycles. The molecule has 1 aromatic carbocycles. The maximum atomic E-state index is 12.9. The van der Waals surface area contributed by atoms with Gasteiger partial charge in [-0.05, 0) is 67.7 Å². The van der Waals surface area contributed by atoms with E-state index in [-0.39, 0.29) is 30.2 Å². The van der Waals surface area contributed by atoms with Crippen LogP contribution in [0.2, 0.25) is 0 Å². The van der Waals surface area contributed by atoms with Gasteiger partial charge in [0.25, 0.3) is 5.91 Å². The molecule has 164 valence electrons. The predicted molar refractivity (Wildman–Crippen MR) is 112 cm³/mol. The smallest absolute Gasteiger partial charge is 0.255 e. The Morgan fingerprint density at radius 3 is 2.61 bits per heavy atom. The van der Waals surface area contributed by atoms with Gasteiger partial charge in [-0.2, -0.15) is 0 Å². The minimum atomic E-state index is -0.578. The van der Waals surface area contributed by atoms with Gasteiger partial charge in [-0.3, -0.25) is 24.6 Å². The van der Waals surface area contributed by atoms with Crippen molar-refractivity contribution in [1.82, 2.24) is 15.1 Å². The van der Waals surface area contributed by atoms with Crippen molar-refractivity contribution < 1.29 is 19.1 Å². The van der Waals surface area contributed by atoms with E-state index in [2.05, 4.69) is 10.2 Å². The Balaban J connectivity index is 1.16. The van der Waals surface area contributed by atoms with Crippen LogP contribution >= 0.6 is 0 Å². The number of rotatable bonds is 4. The van der Waals surface area contributed by atoms with Crippen LogP contribution in [0.15, 0.2) is 18.2 Å². The number of imide groups is 1. The first-order valence-electron chi connectivity index (χ1n) is 11.7. The molecule has 3 amide bonds. The van der Waals surface area contributed by atoms with Crippen molar-refractivity contribution in [3.63, 3.8) is 0 Å². The van der Waals surface area contributed by atoms with Crippen molar-refractivity contribution in [2.45, 2.75) is 76.1 Å². The Labute approximate surface area is 182 Å². The molecule has 2 saturated heterocycles. The lowest BCUT2D eigenvalue weighted by Gasteiger charge is -2.49. The lowest BCUT2D eigenvalue weighted by atomic mass is 9.85. The molecular formula is C24H29N3O4. The standard InChI is InChI=1S/C24H29N3O4/c28-21-8-7-19(22(29)25-21)27-12-15-11-16(5-6-17(15)23(27)30)31-20-4-2-1-3-18(20)26-13-24(14-26)9-10-24/h5-6,11,18-20H,1-4,7-10,12-14H2,(H,25,28,29). The van der Waals surface area contributed by atoms with Crippen LogP contribution in [0, 0.1) is 5.41 Å². The first kappa shape index (κ1) is 19.3. The predicted octanol–water partition coefficient (Wildman–Crippen LogP) is 2.23. The quantitative estimate of drug-likeness (QED) is 0.752. The maximum Gasteiger partial charge on any atom is 0.255 e. The third-order valence-electron chi connectivity index (χ3n) is 7.95. The lowest BCUT2D eigenvalue weighted by Crippen LogP contribution is -2.59. The van der Waals surface area contributed by atoms with E-state index in [0.717, 1.165) is 17.7 Å². The van der Waals surface area contributed by atoms with Crippen LogP contribution in [0.5, 0.6) is 5.75 Å². The van der Waals surface area contributed by atoms with Gasteiger partial charge >= 0.3 is 0 Å². The van der Waals surface area contributed by atoms with E-state index in [4.69, 9.17) is 4.74 Å². The van der Waals surface area contributed by atoms with Crippen LogP contribution in [-0.4, -0.2) is 58.8 Å². The molecular weight excluding hydrogens is 394 g/mol. The van der Waals surface area contributed by atoms with E-state index in [9.17, 15) is 14.4 Å². The fraction of sp³-hybridized carbons (Fsp3) is 0.625. The van der Waals surface area contributed by atoms with Crippen molar-refractivity contribution in [2.24, 2.45) is 5.41 Å². The van der Waals surface area contributed by atoms with E-state index in [1.807, 2.05) is 18.2 Å². The molecule has 3 heterocycles. The van der Waals surface area contributed by atoms with Gasteiger partial charge in [0.1, 0.15) is 17.9 Å². The molecule has 0 bridgehead atoms. The second-order valence-electron chi connectivity index (χ2n) is 10.1. The Hall–Kier alpha value is -2.41. The third kappa shape index (κ3) is 3.34. The zero-order valence-electron chi connectivity index (χ0n) is 17.8. The van der Waals surface area contributed by atoms with Crippen LogP contribution < -0.4 is 10.1 Å². The molecule has 2 saturated carbocycles. The number of hydrogen-bond acceptors (Lipinski definition) is 5. The number of fused-ring (bicyclic) bond motifs is 1. The number of carbonyl (C=O) groups excluding carboxylic acids is 3. The maximum absolute atomic E-state index is 12.9. The Morgan fingerprint density at radius 1 is 1.03 bits per heavy atom. The molecule has 2 aliphatic carbocycles. The number of hydrogen-bond donors (Lipinski definition) is 1. The molecule has 6 rings (SSSR count). The molecule has 7 heteroatoms. The summed E-state index contributed by atoms with van der Waals surface area (Å²) >= 11 is 0. The first-order valence-corrected chi connectivity index (χ1v) is 11.7. The Kier molecular flexibility index (Phi) is 4.39. The zero-order chi connectivity index (χ0) is 21.2. The monoisotopic (exact) mass is 423 g/mol. The Bertz CT molecular complexity index is 948. The van der Waals surface area contributed by atoms with Gasteiger partial charge in [0.15, 0.2) is 0 Å². The highest BCUT2D eigenvalue weighted by atomic mass is 16.5. The minimum absolute atomic E-state index is 0.137. The van der Waals surface area contributed by atoms with Gasteiger partial charge in [0.05, 0.1) is 0 Å². The second-order valence-corrected chi connectivity index (χ2v) is 10.1. The van der Waals surface area contributed by atoms with Crippen LogP contribution in [-0.2, 0) is 16.1 Å². The van der Waals surface area contributed by atoms with Crippen LogP contribution in [0.1, 0.15) is 67.3 Å². The molecule has 3 atom stereocenters. The third-order valence-corrected chi connectivity index (χ3v) is 7.95. The van der Waals surface area contributed by atoms with Crippen molar-refractivity contribution >= 4 is 17.7 Å². The van der Waals surface area contributed by atoms with Gasteiger partial charge in [-0.25, -0.2) is 0 Å². The molecule has 3 aliphatic heterocycles. The SMILES string of the molecule is O=C1CCC(N2Cc3cc(OC4CCCCC4N4CC5(CC5)C4)ccc3C2=O)C(=O)N1. The summed E-state index contributed by atoms with van der Waals surface area (Å²) in [6.45, 7) is 2.86. The molecule has 0 radical (unpaired) electrons. The molecule has 1 N–H and O–H groups in total. The van der Waals surface area contributed by atoms with E-state index in [0.29, 0.717) is 30.0 Å². The second kappa shape index (κ2) is 7.05. The minimum Gasteiger partial charge on any atom is -0.489 e. The number of piperidine rings is 1. The van der Waals surface area contributed by atoms with Crippen LogP contribution in [0.3, 0.4) is 0 Å². The van der Waals surface area contributed by atoms with Crippen molar-refractivity contribution in [1.29, 1.82) is 0 Å². The summed E-state index contributed by atoms with van der Waals surface area (Å²) in [4.78, 5) is 40.8. The van der Waals surface area contributed by atoms with Gasteiger partial charge < -0.3 is 9.64 Å². The van der Waals surface area contributed by atoms with Crippen molar-refractivity contribution in [3.05, 3.63) is 29.3 Å². The number of amides is 3. The van der Waals surface area contributed by atoms with Crippen molar-refractivity contribution in [3.8, 4) is 5.75 Å². The summed E-state index contributed by atoms with van der Waals surface area (Å²) in [6.07, 6.45) is 8.39. The Morgan fingerprint density at radius 2 is 1.84 bits per heavy atom. The largest absolute Gasteiger partial charge is 0.489 e. The molecule has 7 nitrogen and oxygen atoms in total. The molecule has 31 heavy (non-hydrogen) atoms. The summed E-state index contributed by atoms with van der Waals surface area (Å²) in [5.74, 6) is 0.0389. The highest BCUT2D eigenvalue weighted by Gasteiger charge is 2.55. The first-order chi connectivity index (χ1) is 15.0. The normalized spacial score (nSPS) is 31.9. The number of likely N-dealkylation sites (tertiary alicyclic amines) is 1. The lowest BCUT2D eigenvalue weighted by molar-refractivity contribution is -0.136. The van der Waals surface area contributed by atoms with Crippen LogP contribution in [0.4, 0.5) is 0 Å². The summed E-state index contributed by atoms with van der Waals surface area (Å²) in [6, 6.07) is 5.62. The van der Waals surface area contributed by atoms with E-state index >= 15 is 0 Å². The molecule has 1 spiro atoms. The van der Waals surface area contributed by atoms with E-state index < -0.39 is 6.04 Å². The summed E-state index contributed by atoms with van der Waals surface area (Å²) in [7, 11) is 0. The fourth-order valence-corrected chi connectivity index (χ4v) is 5.97. The van der Waals surface area contributed by atoms with Crippen LogP contribution in [0.25, 0.3) is 0 Å². The summed E-state index contributed by atoms with van der Waals surface area (Å²) in [5, 5.41) is 2.35. The summed E-state index contributed by atoms with van der Waals surface area (Å²) in [5.41, 5.74) is 2.19. The van der Waals surface area contributed by atoms with Crippen molar-refractivity contribution in [2.75, 3.05) is 13.1 Å². The molecule has 1 aromatic rings. The molecule has 3 unspecified atom stereocenters. The summed E-state index contributed by atoms with van der Waals surface area (Å²) < 4.78 is 6.49. The topological polar surface area (TPSA) is 79.0 Å². The fourth-order valence-electron chi connectivity index (χ4n) is 5.97.